The van der Waals surface area contributed by atoms with Crippen LogP contribution >= 0.6 is 11.6 Å². The average Bonchev–Trinajstić information content (AvgIpc) is 2.40. The zero-order valence-corrected chi connectivity index (χ0v) is 10.7. The van der Waals surface area contributed by atoms with Crippen molar-refractivity contribution in [2.75, 3.05) is 0 Å². The lowest BCUT2D eigenvalue weighted by Crippen LogP contribution is -1.98. The minimum atomic E-state index is 0.380. The molecule has 2 nitrogen and oxygen atoms in total. The third-order valence-electron chi connectivity index (χ3n) is 2.66. The summed E-state index contributed by atoms with van der Waals surface area (Å²) in [4.78, 5) is 0. The molecule has 0 aliphatic carbocycles. The van der Waals surface area contributed by atoms with Crippen LogP contribution in [0, 0.1) is 18.3 Å². The van der Waals surface area contributed by atoms with E-state index in [4.69, 9.17) is 21.6 Å². The summed E-state index contributed by atoms with van der Waals surface area (Å²) in [5, 5.41) is 9.70. The lowest BCUT2D eigenvalue weighted by Gasteiger charge is -2.08. The molecule has 0 saturated heterocycles. The highest BCUT2D eigenvalue weighted by molar-refractivity contribution is 6.31. The van der Waals surface area contributed by atoms with Crippen LogP contribution in [0.4, 0.5) is 0 Å². The molecule has 0 amide bonds. The molecule has 0 atom stereocenters. The number of benzene rings is 2. The van der Waals surface area contributed by atoms with Crippen LogP contribution in [-0.2, 0) is 6.61 Å². The standard InChI is InChI=1S/C15H12ClNO/c1-11-8-14(6-7-15(11)16)18-10-13-5-3-2-4-12(13)9-17/h2-8H,10H2,1H3. The first-order chi connectivity index (χ1) is 8.70. The van der Waals surface area contributed by atoms with Gasteiger partial charge >= 0.3 is 0 Å². The van der Waals surface area contributed by atoms with Gasteiger partial charge in [-0.2, -0.15) is 5.26 Å². The van der Waals surface area contributed by atoms with Crippen molar-refractivity contribution in [2.24, 2.45) is 0 Å². The summed E-state index contributed by atoms with van der Waals surface area (Å²) >= 11 is 5.95. The number of hydrogen-bond donors (Lipinski definition) is 0. The minimum Gasteiger partial charge on any atom is -0.489 e. The molecule has 0 aliphatic heterocycles. The maximum Gasteiger partial charge on any atom is 0.120 e. The number of halogens is 1. The van der Waals surface area contributed by atoms with Gasteiger partial charge in [0, 0.05) is 10.6 Å². The zero-order chi connectivity index (χ0) is 13.0. The fourth-order valence-corrected chi connectivity index (χ4v) is 1.74. The van der Waals surface area contributed by atoms with E-state index in [9.17, 15) is 0 Å². The fraction of sp³-hybridized carbons (Fsp3) is 0.133. The maximum absolute atomic E-state index is 8.97. The van der Waals surface area contributed by atoms with Crippen LogP contribution in [0.3, 0.4) is 0 Å². The summed E-state index contributed by atoms with van der Waals surface area (Å²) in [5.41, 5.74) is 2.50. The highest BCUT2D eigenvalue weighted by Gasteiger charge is 2.03. The van der Waals surface area contributed by atoms with Crippen molar-refractivity contribution in [1.82, 2.24) is 0 Å². The third kappa shape index (κ3) is 2.82. The summed E-state index contributed by atoms with van der Waals surface area (Å²) in [5.74, 6) is 0.754. The van der Waals surface area contributed by atoms with Crippen molar-refractivity contribution in [3.05, 3.63) is 64.2 Å². The van der Waals surface area contributed by atoms with E-state index in [1.165, 1.54) is 0 Å². The zero-order valence-electron chi connectivity index (χ0n) is 9.98. The summed E-state index contributed by atoms with van der Waals surface area (Å²) in [6.45, 7) is 2.31. The molecular formula is C15H12ClNO. The number of aryl methyl sites for hydroxylation is 1. The van der Waals surface area contributed by atoms with E-state index >= 15 is 0 Å². The van der Waals surface area contributed by atoms with E-state index < -0.39 is 0 Å². The van der Waals surface area contributed by atoms with Gasteiger partial charge in [0.2, 0.25) is 0 Å². The van der Waals surface area contributed by atoms with Crippen molar-refractivity contribution in [2.45, 2.75) is 13.5 Å². The van der Waals surface area contributed by atoms with Crippen LogP contribution in [0.5, 0.6) is 5.75 Å². The lowest BCUT2D eigenvalue weighted by atomic mass is 10.1. The Balaban J connectivity index is 2.12. The van der Waals surface area contributed by atoms with Crippen molar-refractivity contribution in [3.8, 4) is 11.8 Å². The van der Waals surface area contributed by atoms with Crippen LogP contribution in [-0.4, -0.2) is 0 Å². The molecule has 2 rings (SSSR count). The Bertz CT molecular complexity index is 602. The Labute approximate surface area is 111 Å². The van der Waals surface area contributed by atoms with E-state index in [1.807, 2.05) is 43.3 Å². The highest BCUT2D eigenvalue weighted by Crippen LogP contribution is 2.22. The molecule has 2 aromatic rings. The third-order valence-corrected chi connectivity index (χ3v) is 3.09. The Kier molecular flexibility index (Phi) is 3.86. The largest absolute Gasteiger partial charge is 0.489 e. The number of ether oxygens (including phenoxy) is 1. The van der Waals surface area contributed by atoms with Crippen LogP contribution in [0.25, 0.3) is 0 Å². The van der Waals surface area contributed by atoms with E-state index in [-0.39, 0.29) is 0 Å². The minimum absolute atomic E-state index is 0.380. The molecule has 0 saturated carbocycles. The van der Waals surface area contributed by atoms with Crippen LogP contribution in [0.15, 0.2) is 42.5 Å². The molecule has 0 bridgehead atoms. The van der Waals surface area contributed by atoms with Crippen molar-refractivity contribution in [1.29, 1.82) is 5.26 Å². The first-order valence-electron chi connectivity index (χ1n) is 5.57. The molecule has 0 fully saturated rings. The molecule has 0 spiro atoms. The SMILES string of the molecule is Cc1cc(OCc2ccccc2C#N)ccc1Cl. The second-order valence-electron chi connectivity index (χ2n) is 3.97. The summed E-state index contributed by atoms with van der Waals surface area (Å²) in [7, 11) is 0. The Morgan fingerprint density at radius 2 is 2.00 bits per heavy atom. The average molecular weight is 258 g/mol. The summed E-state index contributed by atoms with van der Waals surface area (Å²) in [6.07, 6.45) is 0. The molecule has 2 aromatic carbocycles. The Hall–Kier alpha value is -1.98. The monoisotopic (exact) mass is 257 g/mol. The van der Waals surface area contributed by atoms with Crippen molar-refractivity contribution >= 4 is 11.6 Å². The second-order valence-corrected chi connectivity index (χ2v) is 4.38. The van der Waals surface area contributed by atoms with Gasteiger partial charge in [-0.1, -0.05) is 29.8 Å². The van der Waals surface area contributed by atoms with Crippen LogP contribution < -0.4 is 4.74 Å². The maximum atomic E-state index is 8.97. The Morgan fingerprint density at radius 3 is 2.72 bits per heavy atom. The predicted molar refractivity (Wildman–Crippen MR) is 71.7 cm³/mol. The summed E-state index contributed by atoms with van der Waals surface area (Å²) in [6, 6.07) is 15.1. The number of nitrogens with zero attached hydrogens (tertiary/aromatic N) is 1. The number of hydrogen-bond acceptors (Lipinski definition) is 2. The second kappa shape index (κ2) is 5.57. The number of rotatable bonds is 3. The van der Waals surface area contributed by atoms with Gasteiger partial charge in [-0.3, -0.25) is 0 Å². The first kappa shape index (κ1) is 12.5. The van der Waals surface area contributed by atoms with Crippen molar-refractivity contribution < 1.29 is 4.74 Å². The normalized spacial score (nSPS) is 9.83. The molecule has 90 valence electrons. The Morgan fingerprint density at radius 1 is 1.22 bits per heavy atom. The molecule has 0 heterocycles. The van der Waals surface area contributed by atoms with Crippen LogP contribution in [0.1, 0.15) is 16.7 Å². The molecule has 0 aromatic heterocycles. The van der Waals surface area contributed by atoms with Crippen LogP contribution in [0.2, 0.25) is 5.02 Å². The molecule has 0 unspecified atom stereocenters. The van der Waals surface area contributed by atoms with Gasteiger partial charge in [0.15, 0.2) is 0 Å². The van der Waals surface area contributed by atoms with E-state index in [0.717, 1.165) is 21.9 Å². The van der Waals surface area contributed by atoms with Gasteiger partial charge in [0.05, 0.1) is 11.6 Å². The fourth-order valence-electron chi connectivity index (χ4n) is 1.62. The van der Waals surface area contributed by atoms with Crippen molar-refractivity contribution in [3.63, 3.8) is 0 Å². The van der Waals surface area contributed by atoms with Gasteiger partial charge in [0.25, 0.3) is 0 Å². The smallest absolute Gasteiger partial charge is 0.120 e. The van der Waals surface area contributed by atoms with Gasteiger partial charge in [0.1, 0.15) is 12.4 Å². The van der Waals surface area contributed by atoms with Gasteiger partial charge < -0.3 is 4.74 Å². The highest BCUT2D eigenvalue weighted by atomic mass is 35.5. The lowest BCUT2D eigenvalue weighted by molar-refractivity contribution is 0.305. The number of nitriles is 1. The molecule has 18 heavy (non-hydrogen) atoms. The van der Waals surface area contributed by atoms with Gasteiger partial charge in [-0.15, -0.1) is 0 Å². The molecule has 0 aliphatic rings. The quantitative estimate of drug-likeness (QED) is 0.829. The molecule has 0 N–H and O–H groups in total. The topological polar surface area (TPSA) is 33.0 Å². The van der Waals surface area contributed by atoms with E-state index in [2.05, 4.69) is 6.07 Å². The van der Waals surface area contributed by atoms with Gasteiger partial charge in [-0.05, 0) is 36.8 Å². The van der Waals surface area contributed by atoms with E-state index in [0.29, 0.717) is 12.2 Å². The first-order valence-corrected chi connectivity index (χ1v) is 5.95. The van der Waals surface area contributed by atoms with Gasteiger partial charge in [-0.25, -0.2) is 0 Å². The molecule has 0 radical (unpaired) electrons. The molecule has 3 heteroatoms. The van der Waals surface area contributed by atoms with E-state index in [1.54, 1.807) is 6.07 Å². The molecular weight excluding hydrogens is 246 g/mol. The predicted octanol–water partition coefficient (Wildman–Crippen LogP) is 4.10. The summed E-state index contributed by atoms with van der Waals surface area (Å²) < 4.78 is 5.66.